The Bertz CT molecular complexity index is 968. The Morgan fingerprint density at radius 2 is 1.96 bits per heavy atom. The van der Waals surface area contributed by atoms with E-state index >= 15 is 0 Å². The lowest BCUT2D eigenvalue weighted by molar-refractivity contribution is -0.115. The summed E-state index contributed by atoms with van der Waals surface area (Å²) in [7, 11) is 0. The molecule has 0 fully saturated rings. The van der Waals surface area contributed by atoms with Gasteiger partial charge in [-0.05, 0) is 55.0 Å². The molecule has 0 aliphatic carbocycles. The molecule has 3 rings (SSSR count). The Morgan fingerprint density at radius 1 is 1.16 bits per heavy atom. The second-order valence-corrected chi connectivity index (χ2v) is 6.46. The lowest BCUT2D eigenvalue weighted by Gasteiger charge is -2.08. The van der Waals surface area contributed by atoms with Crippen molar-refractivity contribution in [3.8, 4) is 0 Å². The summed E-state index contributed by atoms with van der Waals surface area (Å²) in [5.74, 6) is -1.14. The molecule has 0 aliphatic rings. The number of hydrogen-bond donors (Lipinski definition) is 3. The number of carbonyl (C=O) groups is 2. The van der Waals surface area contributed by atoms with Crippen LogP contribution in [0.4, 0.5) is 10.1 Å². The van der Waals surface area contributed by atoms with E-state index in [-0.39, 0.29) is 24.0 Å². The maximum atomic E-state index is 13.2. The van der Waals surface area contributed by atoms with Crippen molar-refractivity contribution in [2.24, 2.45) is 0 Å². The number of H-pyrrole nitrogens is 1. The smallest absolute Gasteiger partial charge is 0.268 e. The Morgan fingerprint density at radius 3 is 2.72 bits per heavy atom. The molecule has 3 aromatic rings. The Hall–Kier alpha value is -2.67. The fourth-order valence-electron chi connectivity index (χ4n) is 2.41. The van der Waals surface area contributed by atoms with Crippen LogP contribution in [0.3, 0.4) is 0 Å². The highest BCUT2D eigenvalue weighted by Gasteiger charge is 2.12. The zero-order valence-electron chi connectivity index (χ0n) is 13.3. The summed E-state index contributed by atoms with van der Waals surface area (Å²) < 4.78 is 14.1. The summed E-state index contributed by atoms with van der Waals surface area (Å²) in [5, 5.41) is 5.85. The van der Waals surface area contributed by atoms with Crippen LogP contribution in [0.15, 0.2) is 46.9 Å². The lowest BCUT2D eigenvalue weighted by atomic mass is 10.2. The molecule has 128 valence electrons. The molecule has 0 unspecified atom stereocenters. The predicted molar refractivity (Wildman–Crippen MR) is 98.1 cm³/mol. The summed E-state index contributed by atoms with van der Waals surface area (Å²) in [6.07, 6.45) is 0. The molecular weight excluding hydrogens is 389 g/mol. The molecule has 25 heavy (non-hydrogen) atoms. The van der Waals surface area contributed by atoms with Gasteiger partial charge in [-0.15, -0.1) is 0 Å². The predicted octanol–water partition coefficient (Wildman–Crippen LogP) is 3.75. The van der Waals surface area contributed by atoms with Gasteiger partial charge in [0, 0.05) is 21.1 Å². The summed E-state index contributed by atoms with van der Waals surface area (Å²) in [5.41, 5.74) is 2.57. The molecule has 0 bridgehead atoms. The number of benzene rings is 2. The lowest BCUT2D eigenvalue weighted by Crippen LogP contribution is -2.33. The van der Waals surface area contributed by atoms with E-state index < -0.39 is 5.91 Å². The van der Waals surface area contributed by atoms with Gasteiger partial charge in [0.25, 0.3) is 5.91 Å². The van der Waals surface area contributed by atoms with Gasteiger partial charge in [0.1, 0.15) is 11.5 Å². The van der Waals surface area contributed by atoms with Crippen molar-refractivity contribution in [3.63, 3.8) is 0 Å². The zero-order valence-corrected chi connectivity index (χ0v) is 14.9. The fourth-order valence-corrected chi connectivity index (χ4v) is 2.66. The minimum Gasteiger partial charge on any atom is -0.351 e. The summed E-state index contributed by atoms with van der Waals surface area (Å²) in [4.78, 5) is 27.0. The standard InChI is InChI=1S/C18H15BrFN3O2/c1-10-6-13(3-4-14(10)19)22-17(24)9-21-18(25)16-8-11-7-12(20)2-5-15(11)23-16/h2-8,23H,9H2,1H3,(H,21,25)(H,22,24). The quantitative estimate of drug-likeness (QED) is 0.620. The Kier molecular flexibility index (Phi) is 4.85. The fraction of sp³-hybridized carbons (Fsp3) is 0.111. The van der Waals surface area contributed by atoms with Gasteiger partial charge in [-0.1, -0.05) is 15.9 Å². The molecule has 2 aromatic carbocycles. The second kappa shape index (κ2) is 7.06. The highest BCUT2D eigenvalue weighted by atomic mass is 79.9. The van der Waals surface area contributed by atoms with Gasteiger partial charge in [0.2, 0.25) is 5.91 Å². The van der Waals surface area contributed by atoms with Crippen LogP contribution >= 0.6 is 15.9 Å². The number of hydrogen-bond acceptors (Lipinski definition) is 2. The number of aromatic amines is 1. The number of aromatic nitrogens is 1. The van der Waals surface area contributed by atoms with Crippen LogP contribution in [0.2, 0.25) is 0 Å². The van der Waals surface area contributed by atoms with Crippen LogP contribution in [0.5, 0.6) is 0 Å². The van der Waals surface area contributed by atoms with E-state index in [1.165, 1.54) is 12.1 Å². The van der Waals surface area contributed by atoms with E-state index in [0.29, 0.717) is 16.6 Å². The summed E-state index contributed by atoms with van der Waals surface area (Å²) >= 11 is 3.39. The van der Waals surface area contributed by atoms with Crippen molar-refractivity contribution in [3.05, 3.63) is 64.0 Å². The van der Waals surface area contributed by atoms with Crippen molar-refractivity contribution in [2.45, 2.75) is 6.92 Å². The maximum absolute atomic E-state index is 13.2. The van der Waals surface area contributed by atoms with Crippen LogP contribution in [0.25, 0.3) is 10.9 Å². The molecule has 0 aliphatic heterocycles. The van der Waals surface area contributed by atoms with Gasteiger partial charge in [-0.3, -0.25) is 9.59 Å². The van der Waals surface area contributed by atoms with E-state index in [1.807, 2.05) is 19.1 Å². The van der Waals surface area contributed by atoms with Crippen molar-refractivity contribution in [1.82, 2.24) is 10.3 Å². The van der Waals surface area contributed by atoms with Crippen LogP contribution in [0, 0.1) is 12.7 Å². The van der Waals surface area contributed by atoms with Gasteiger partial charge >= 0.3 is 0 Å². The first-order chi connectivity index (χ1) is 11.9. The van der Waals surface area contributed by atoms with E-state index in [1.54, 1.807) is 18.2 Å². The molecule has 0 radical (unpaired) electrons. The zero-order chi connectivity index (χ0) is 18.0. The largest absolute Gasteiger partial charge is 0.351 e. The first-order valence-corrected chi connectivity index (χ1v) is 8.34. The summed E-state index contributed by atoms with van der Waals surface area (Å²) in [6.45, 7) is 1.75. The van der Waals surface area contributed by atoms with Crippen LogP contribution in [-0.2, 0) is 4.79 Å². The van der Waals surface area contributed by atoms with E-state index in [2.05, 4.69) is 31.5 Å². The van der Waals surface area contributed by atoms with Gasteiger partial charge < -0.3 is 15.6 Å². The van der Waals surface area contributed by atoms with Gasteiger partial charge in [0.05, 0.1) is 6.54 Å². The van der Waals surface area contributed by atoms with E-state index in [4.69, 9.17) is 0 Å². The maximum Gasteiger partial charge on any atom is 0.268 e. The second-order valence-electron chi connectivity index (χ2n) is 5.61. The topological polar surface area (TPSA) is 74.0 Å². The average molecular weight is 404 g/mol. The number of nitrogens with one attached hydrogen (secondary N) is 3. The van der Waals surface area contributed by atoms with Gasteiger partial charge in [-0.25, -0.2) is 4.39 Å². The molecule has 0 saturated heterocycles. The molecule has 0 saturated carbocycles. The van der Waals surface area contributed by atoms with Crippen molar-refractivity contribution >= 4 is 44.3 Å². The van der Waals surface area contributed by atoms with Gasteiger partial charge in [0.15, 0.2) is 0 Å². The molecule has 1 aromatic heterocycles. The normalized spacial score (nSPS) is 10.7. The first-order valence-electron chi connectivity index (χ1n) is 7.55. The highest BCUT2D eigenvalue weighted by Crippen LogP contribution is 2.20. The number of rotatable bonds is 4. The molecule has 5 nitrogen and oxygen atoms in total. The molecule has 1 heterocycles. The Labute approximate surface area is 151 Å². The third-order valence-electron chi connectivity index (χ3n) is 3.68. The molecule has 3 N–H and O–H groups in total. The van der Waals surface area contributed by atoms with Crippen molar-refractivity contribution < 1.29 is 14.0 Å². The number of anilines is 1. The minimum atomic E-state index is -0.432. The van der Waals surface area contributed by atoms with Crippen LogP contribution < -0.4 is 10.6 Å². The number of fused-ring (bicyclic) bond motifs is 1. The van der Waals surface area contributed by atoms with Gasteiger partial charge in [-0.2, -0.15) is 0 Å². The SMILES string of the molecule is Cc1cc(NC(=O)CNC(=O)c2cc3cc(F)ccc3[nH]2)ccc1Br. The molecule has 7 heteroatoms. The molecule has 0 spiro atoms. The van der Waals surface area contributed by atoms with E-state index in [0.717, 1.165) is 10.0 Å². The molecule has 2 amide bonds. The first kappa shape index (κ1) is 17.2. The number of carbonyl (C=O) groups excluding carboxylic acids is 2. The Balaban J connectivity index is 1.60. The summed E-state index contributed by atoms with van der Waals surface area (Å²) in [6, 6.07) is 11.2. The molecular formula is C18H15BrFN3O2. The highest BCUT2D eigenvalue weighted by molar-refractivity contribution is 9.10. The third kappa shape index (κ3) is 4.06. The third-order valence-corrected chi connectivity index (χ3v) is 4.57. The van der Waals surface area contributed by atoms with Crippen LogP contribution in [-0.4, -0.2) is 23.3 Å². The number of amides is 2. The van der Waals surface area contributed by atoms with Crippen molar-refractivity contribution in [1.29, 1.82) is 0 Å². The molecule has 0 atom stereocenters. The number of aryl methyl sites for hydroxylation is 1. The van der Waals surface area contributed by atoms with Crippen molar-refractivity contribution in [2.75, 3.05) is 11.9 Å². The minimum absolute atomic E-state index is 0.169. The number of halogens is 2. The monoisotopic (exact) mass is 403 g/mol. The van der Waals surface area contributed by atoms with E-state index in [9.17, 15) is 14.0 Å². The average Bonchev–Trinajstić information content (AvgIpc) is 2.99. The van der Waals surface area contributed by atoms with Crippen LogP contribution in [0.1, 0.15) is 16.1 Å².